The minimum atomic E-state index is -0.699. The van der Waals surface area contributed by atoms with Crippen LogP contribution in [-0.2, 0) is 9.59 Å². The van der Waals surface area contributed by atoms with Crippen LogP contribution in [0, 0.1) is 5.92 Å². The maximum absolute atomic E-state index is 10.8. The van der Waals surface area contributed by atoms with E-state index in [2.05, 4.69) is 0 Å². The van der Waals surface area contributed by atoms with Crippen LogP contribution >= 0.6 is 0 Å². The van der Waals surface area contributed by atoms with Crippen LogP contribution < -0.4 is 0 Å². The maximum Gasteiger partial charge on any atom is 0.306 e. The minimum Gasteiger partial charge on any atom is -0.481 e. The summed E-state index contributed by atoms with van der Waals surface area (Å²) in [5.41, 5.74) is 0. The van der Waals surface area contributed by atoms with Crippen LogP contribution in [0.3, 0.4) is 0 Å². The number of rotatable bonds is 8. The van der Waals surface area contributed by atoms with Crippen molar-refractivity contribution < 1.29 is 14.7 Å². The van der Waals surface area contributed by atoms with Gasteiger partial charge in [-0.05, 0) is 26.2 Å². The van der Waals surface area contributed by atoms with Crippen molar-refractivity contribution in [3.05, 3.63) is 0 Å². The second kappa shape index (κ2) is 7.54. The Bertz CT molecular complexity index is 187. The van der Waals surface area contributed by atoms with Crippen LogP contribution in [-0.4, -0.2) is 16.9 Å². The number of carbonyl (C=O) groups is 2. The lowest BCUT2D eigenvalue weighted by molar-refractivity contribution is -0.142. The second-order valence-corrected chi connectivity index (χ2v) is 3.77. The first-order valence-electron chi connectivity index (χ1n) is 5.30. The predicted molar refractivity (Wildman–Crippen MR) is 55.2 cm³/mol. The number of ketones is 1. The van der Waals surface area contributed by atoms with Crippen LogP contribution in [0.15, 0.2) is 0 Å². The van der Waals surface area contributed by atoms with Crippen LogP contribution in [0.2, 0.25) is 0 Å². The quantitative estimate of drug-likeness (QED) is 0.613. The zero-order valence-electron chi connectivity index (χ0n) is 9.08. The molecule has 82 valence electrons. The van der Waals surface area contributed by atoms with E-state index >= 15 is 0 Å². The summed E-state index contributed by atoms with van der Waals surface area (Å²) in [6.07, 6.45) is 4.60. The molecule has 0 radical (unpaired) electrons. The lowest BCUT2D eigenvalue weighted by Crippen LogP contribution is -2.13. The fraction of sp³-hybridized carbons (Fsp3) is 0.818. The fourth-order valence-electron chi connectivity index (χ4n) is 1.50. The molecule has 0 aromatic rings. The summed E-state index contributed by atoms with van der Waals surface area (Å²) in [6, 6.07) is 0. The van der Waals surface area contributed by atoms with Crippen molar-refractivity contribution in [2.24, 2.45) is 5.92 Å². The number of unbranched alkanes of at least 4 members (excludes halogenated alkanes) is 1. The van der Waals surface area contributed by atoms with Crippen LogP contribution in [0.1, 0.15) is 52.4 Å². The second-order valence-electron chi connectivity index (χ2n) is 3.77. The Morgan fingerprint density at radius 3 is 2.29 bits per heavy atom. The molecule has 0 aliphatic carbocycles. The van der Waals surface area contributed by atoms with Crippen molar-refractivity contribution in [1.82, 2.24) is 0 Å². The molecule has 0 saturated carbocycles. The molecule has 0 spiro atoms. The smallest absolute Gasteiger partial charge is 0.306 e. The van der Waals surface area contributed by atoms with Crippen molar-refractivity contribution in [3.63, 3.8) is 0 Å². The van der Waals surface area contributed by atoms with Gasteiger partial charge in [0.25, 0.3) is 0 Å². The lowest BCUT2D eigenvalue weighted by atomic mass is 9.96. The van der Waals surface area contributed by atoms with Gasteiger partial charge < -0.3 is 9.90 Å². The first-order chi connectivity index (χ1) is 6.57. The topological polar surface area (TPSA) is 54.4 Å². The molecule has 0 rings (SSSR count). The molecule has 0 heterocycles. The Morgan fingerprint density at radius 2 is 1.86 bits per heavy atom. The molecule has 0 amide bonds. The Hall–Kier alpha value is -0.860. The standard InChI is InChI=1S/C11H20O3/c1-3-6-10(11(13)14)8-5-4-7-9(2)12/h10H,3-8H2,1-2H3,(H,13,14)/t10-/m1/s1. The third kappa shape index (κ3) is 6.63. The third-order valence-corrected chi connectivity index (χ3v) is 2.32. The number of hydrogen-bond acceptors (Lipinski definition) is 2. The predicted octanol–water partition coefficient (Wildman–Crippen LogP) is 2.64. The van der Waals surface area contributed by atoms with Gasteiger partial charge in [0.1, 0.15) is 5.78 Å². The van der Waals surface area contributed by atoms with E-state index in [-0.39, 0.29) is 11.7 Å². The average Bonchev–Trinajstić information content (AvgIpc) is 2.09. The highest BCUT2D eigenvalue weighted by molar-refractivity contribution is 5.75. The van der Waals surface area contributed by atoms with Crippen LogP contribution in [0.4, 0.5) is 0 Å². The molecule has 3 nitrogen and oxygen atoms in total. The molecule has 1 atom stereocenters. The van der Waals surface area contributed by atoms with E-state index in [1.807, 2.05) is 6.92 Å². The van der Waals surface area contributed by atoms with Crippen molar-refractivity contribution in [1.29, 1.82) is 0 Å². The van der Waals surface area contributed by atoms with Crippen molar-refractivity contribution >= 4 is 11.8 Å². The van der Waals surface area contributed by atoms with Gasteiger partial charge in [-0.25, -0.2) is 0 Å². The van der Waals surface area contributed by atoms with Gasteiger partial charge in [-0.15, -0.1) is 0 Å². The number of aliphatic carboxylic acids is 1. The van der Waals surface area contributed by atoms with Crippen molar-refractivity contribution in [2.75, 3.05) is 0 Å². The minimum absolute atomic E-state index is 0.187. The molecule has 0 saturated heterocycles. The zero-order chi connectivity index (χ0) is 11.0. The van der Waals surface area contributed by atoms with Crippen molar-refractivity contribution in [3.8, 4) is 0 Å². The molecule has 0 bridgehead atoms. The molecule has 1 N–H and O–H groups in total. The van der Waals surface area contributed by atoms with Gasteiger partial charge >= 0.3 is 5.97 Å². The van der Waals surface area contributed by atoms with E-state index in [0.29, 0.717) is 12.8 Å². The molecular formula is C11H20O3. The summed E-state index contributed by atoms with van der Waals surface area (Å²) < 4.78 is 0. The number of Topliss-reactive ketones (excluding diaryl/α,β-unsaturated/α-hetero) is 1. The van der Waals surface area contributed by atoms with Crippen LogP contribution in [0.5, 0.6) is 0 Å². The maximum atomic E-state index is 10.8. The molecule has 0 fully saturated rings. The molecule has 0 aromatic carbocycles. The van der Waals surface area contributed by atoms with Gasteiger partial charge in [0.05, 0.1) is 5.92 Å². The molecule has 0 aliphatic heterocycles. The Balaban J connectivity index is 3.61. The number of carbonyl (C=O) groups excluding carboxylic acids is 1. The van der Waals surface area contributed by atoms with Crippen LogP contribution in [0.25, 0.3) is 0 Å². The Morgan fingerprint density at radius 1 is 1.21 bits per heavy atom. The van der Waals surface area contributed by atoms with Gasteiger partial charge in [0.15, 0.2) is 0 Å². The van der Waals surface area contributed by atoms with E-state index in [4.69, 9.17) is 5.11 Å². The third-order valence-electron chi connectivity index (χ3n) is 2.32. The average molecular weight is 200 g/mol. The molecule has 0 unspecified atom stereocenters. The number of hydrogen-bond donors (Lipinski definition) is 1. The molecule has 3 heteroatoms. The summed E-state index contributed by atoms with van der Waals surface area (Å²) >= 11 is 0. The Labute approximate surface area is 85.5 Å². The van der Waals surface area contributed by atoms with Gasteiger partial charge in [0.2, 0.25) is 0 Å². The van der Waals surface area contributed by atoms with E-state index in [1.54, 1.807) is 6.92 Å². The largest absolute Gasteiger partial charge is 0.481 e. The summed E-state index contributed by atoms with van der Waals surface area (Å²) in [6.45, 7) is 3.56. The molecular weight excluding hydrogens is 180 g/mol. The highest BCUT2D eigenvalue weighted by Gasteiger charge is 2.15. The van der Waals surface area contributed by atoms with Crippen molar-refractivity contribution in [2.45, 2.75) is 52.4 Å². The summed E-state index contributed by atoms with van der Waals surface area (Å²) in [5.74, 6) is -0.728. The lowest BCUT2D eigenvalue weighted by Gasteiger charge is -2.09. The normalized spacial score (nSPS) is 12.4. The summed E-state index contributed by atoms with van der Waals surface area (Å²) in [4.78, 5) is 21.4. The summed E-state index contributed by atoms with van der Waals surface area (Å²) in [7, 11) is 0. The fourth-order valence-corrected chi connectivity index (χ4v) is 1.50. The summed E-state index contributed by atoms with van der Waals surface area (Å²) in [5, 5.41) is 8.85. The highest BCUT2D eigenvalue weighted by atomic mass is 16.4. The number of carboxylic acid groups (broad SMARTS) is 1. The van der Waals surface area contributed by atoms with E-state index in [0.717, 1.165) is 25.7 Å². The molecule has 0 aliphatic rings. The van der Waals surface area contributed by atoms with Gasteiger partial charge in [-0.1, -0.05) is 19.8 Å². The van der Waals surface area contributed by atoms with Gasteiger partial charge in [0, 0.05) is 6.42 Å². The van der Waals surface area contributed by atoms with E-state index in [9.17, 15) is 9.59 Å². The molecule has 0 aromatic heterocycles. The van der Waals surface area contributed by atoms with Gasteiger partial charge in [-0.3, -0.25) is 4.79 Å². The van der Waals surface area contributed by atoms with E-state index in [1.165, 1.54) is 0 Å². The monoisotopic (exact) mass is 200 g/mol. The zero-order valence-corrected chi connectivity index (χ0v) is 9.08. The van der Waals surface area contributed by atoms with E-state index < -0.39 is 5.97 Å². The molecule has 14 heavy (non-hydrogen) atoms. The highest BCUT2D eigenvalue weighted by Crippen LogP contribution is 2.15. The van der Waals surface area contributed by atoms with Gasteiger partial charge in [-0.2, -0.15) is 0 Å². The first kappa shape index (κ1) is 13.1. The number of carboxylic acids is 1. The first-order valence-corrected chi connectivity index (χ1v) is 5.30. The SMILES string of the molecule is CCC[C@H](CCCCC(C)=O)C(=O)O. The Kier molecular flexibility index (Phi) is 7.07.